The number of hydrogen-bond donors (Lipinski definition) is 0. The molecule has 0 aliphatic heterocycles. The van der Waals surface area contributed by atoms with Crippen LogP contribution in [-0.2, 0) is 10.5 Å². The molecule has 0 heterocycles. The maximum absolute atomic E-state index is 4.38. The number of allylic oxidation sites excluding steroid dienone is 5. The molecule has 6 aromatic carbocycles. The molecule has 0 saturated heterocycles. The molecule has 7 rings (SSSR count). The lowest BCUT2D eigenvalue weighted by Gasteiger charge is -2.37. The zero-order valence-electron chi connectivity index (χ0n) is 33.5. The number of fused-ring (bicyclic) bond motifs is 3. The summed E-state index contributed by atoms with van der Waals surface area (Å²) < 4.78 is 0. The van der Waals surface area contributed by atoms with Gasteiger partial charge in [0.05, 0.1) is 14.2 Å². The van der Waals surface area contributed by atoms with Crippen molar-refractivity contribution in [2.75, 3.05) is 0 Å². The van der Waals surface area contributed by atoms with Crippen molar-refractivity contribution in [3.63, 3.8) is 0 Å². The van der Waals surface area contributed by atoms with E-state index in [1.807, 2.05) is 6.08 Å². The van der Waals surface area contributed by atoms with Gasteiger partial charge in [0.2, 0.25) is 0 Å². The van der Waals surface area contributed by atoms with Gasteiger partial charge in [-0.1, -0.05) is 200 Å². The van der Waals surface area contributed by atoms with Crippen molar-refractivity contribution >= 4 is 27.5 Å². The molecular weight excluding hydrogens is 677 g/mol. The van der Waals surface area contributed by atoms with Gasteiger partial charge in [0.25, 0.3) is 0 Å². The molecular formula is C54H53Si. The van der Waals surface area contributed by atoms with Crippen molar-refractivity contribution in [2.24, 2.45) is 0 Å². The van der Waals surface area contributed by atoms with Crippen molar-refractivity contribution in [3.8, 4) is 33.4 Å². The van der Waals surface area contributed by atoms with E-state index in [-0.39, 0.29) is 5.04 Å². The molecule has 1 atom stereocenters. The summed E-state index contributed by atoms with van der Waals surface area (Å²) in [7, 11) is -0.528. The average molecular weight is 730 g/mol. The van der Waals surface area contributed by atoms with Gasteiger partial charge in [-0.25, -0.2) is 0 Å². The highest BCUT2D eigenvalue weighted by atomic mass is 28.3. The predicted octanol–water partition coefficient (Wildman–Crippen LogP) is 13.0. The highest BCUT2D eigenvalue weighted by molar-refractivity contribution is 6.60. The third-order valence-electron chi connectivity index (χ3n) is 12.2. The monoisotopic (exact) mass is 729 g/mol. The van der Waals surface area contributed by atoms with Crippen molar-refractivity contribution in [1.29, 1.82) is 0 Å². The Kier molecular flexibility index (Phi) is 10.5. The molecule has 0 spiro atoms. The van der Waals surface area contributed by atoms with E-state index < -0.39 is 14.2 Å². The second-order valence-electron chi connectivity index (χ2n) is 15.6. The number of benzene rings is 6. The summed E-state index contributed by atoms with van der Waals surface area (Å²) in [6.45, 7) is 26.8. The van der Waals surface area contributed by atoms with Crippen LogP contribution in [-0.4, -0.2) is 8.80 Å². The molecule has 0 amide bonds. The molecule has 0 aromatic heterocycles. The number of rotatable bonds is 11. The minimum atomic E-state index is -0.651. The quantitative estimate of drug-likeness (QED) is 0.0919. The fraction of sp³-hybridized carbons (Fsp3) is 0.185. The Balaban J connectivity index is 1.61. The van der Waals surface area contributed by atoms with Crippen LogP contribution in [0.3, 0.4) is 0 Å². The van der Waals surface area contributed by atoms with E-state index in [1.54, 1.807) is 0 Å². The second-order valence-corrected chi connectivity index (χ2v) is 19.1. The topological polar surface area (TPSA) is 0 Å². The van der Waals surface area contributed by atoms with Crippen LogP contribution in [0.25, 0.3) is 52.1 Å². The molecule has 1 aliphatic rings. The lowest BCUT2D eigenvalue weighted by Crippen LogP contribution is -2.34. The smallest absolute Gasteiger partial charge is 0.0725 e. The summed E-state index contributed by atoms with van der Waals surface area (Å²) >= 11 is 0. The summed E-state index contributed by atoms with van der Waals surface area (Å²) in [5.74, 6) is 0. The Bertz CT molecular complexity index is 2560. The van der Waals surface area contributed by atoms with Crippen LogP contribution < -0.4 is 10.4 Å². The largest absolute Gasteiger partial charge is 0.0991 e. The first-order chi connectivity index (χ1) is 26.6. The molecule has 55 heavy (non-hydrogen) atoms. The Labute approximate surface area is 331 Å². The Morgan fingerprint density at radius 3 is 2.05 bits per heavy atom. The van der Waals surface area contributed by atoms with Gasteiger partial charge in [0, 0.05) is 0 Å². The maximum Gasteiger partial charge on any atom is 0.0725 e. The molecule has 273 valence electrons. The van der Waals surface area contributed by atoms with Gasteiger partial charge >= 0.3 is 0 Å². The summed E-state index contributed by atoms with van der Waals surface area (Å²) in [4.78, 5) is 0. The minimum Gasteiger partial charge on any atom is -0.0991 e. The van der Waals surface area contributed by atoms with Crippen LogP contribution in [0.1, 0.15) is 73.1 Å². The Hall–Kier alpha value is -5.50. The Morgan fingerprint density at radius 2 is 1.35 bits per heavy atom. The van der Waals surface area contributed by atoms with Crippen LogP contribution in [0.4, 0.5) is 0 Å². The first-order valence-electron chi connectivity index (χ1n) is 19.7. The number of hydrogen-bond acceptors (Lipinski definition) is 0. The van der Waals surface area contributed by atoms with Gasteiger partial charge in [-0.3, -0.25) is 0 Å². The fourth-order valence-electron chi connectivity index (χ4n) is 8.80. The molecule has 0 fully saturated rings. The van der Waals surface area contributed by atoms with Crippen LogP contribution >= 0.6 is 0 Å². The second kappa shape index (κ2) is 15.3. The van der Waals surface area contributed by atoms with Gasteiger partial charge in [-0.15, -0.1) is 0 Å². The first-order valence-corrected chi connectivity index (χ1v) is 21.9. The van der Waals surface area contributed by atoms with Gasteiger partial charge in [-0.2, -0.15) is 0 Å². The first kappa shape index (κ1) is 37.8. The van der Waals surface area contributed by atoms with Crippen molar-refractivity contribution in [3.05, 3.63) is 208 Å². The maximum atomic E-state index is 4.38. The molecule has 0 saturated carbocycles. The van der Waals surface area contributed by atoms with Crippen LogP contribution in [0.15, 0.2) is 158 Å². The van der Waals surface area contributed by atoms with E-state index in [2.05, 4.69) is 207 Å². The molecule has 1 radical (unpaired) electrons. The zero-order chi connectivity index (χ0) is 38.9. The lowest BCUT2D eigenvalue weighted by molar-refractivity contribution is 0.731. The SMILES string of the molecule is C=C/C=C\C(=C/CC)c1ccccc1C1(c2ccccc2-c2ccc(=C)c(=C)c2)c2cc(-c3ccc(C(C)(C)[Si](C)CC)cc3)ccc2-c2c(C)cccc21. The summed E-state index contributed by atoms with van der Waals surface area (Å²) in [6, 6.07) is 49.4. The third kappa shape index (κ3) is 6.45. The highest BCUT2D eigenvalue weighted by Crippen LogP contribution is 2.60. The number of aryl methyl sites for hydroxylation is 1. The van der Waals surface area contributed by atoms with Gasteiger partial charge in [0.15, 0.2) is 0 Å². The van der Waals surface area contributed by atoms with E-state index in [0.717, 1.165) is 22.4 Å². The molecule has 0 nitrogen and oxygen atoms in total. The van der Waals surface area contributed by atoms with Crippen molar-refractivity contribution in [2.45, 2.75) is 64.1 Å². The van der Waals surface area contributed by atoms with Gasteiger partial charge in [0.1, 0.15) is 0 Å². The van der Waals surface area contributed by atoms with Gasteiger partial charge < -0.3 is 0 Å². The fourth-order valence-corrected chi connectivity index (χ4v) is 10.3. The summed E-state index contributed by atoms with van der Waals surface area (Å²) in [5, 5.41) is 2.08. The molecule has 0 bridgehead atoms. The predicted molar refractivity (Wildman–Crippen MR) is 242 cm³/mol. The van der Waals surface area contributed by atoms with Crippen molar-refractivity contribution < 1.29 is 0 Å². The van der Waals surface area contributed by atoms with E-state index in [0.29, 0.717) is 0 Å². The average Bonchev–Trinajstić information content (AvgIpc) is 3.51. The van der Waals surface area contributed by atoms with Crippen LogP contribution in [0, 0.1) is 6.92 Å². The minimum absolute atomic E-state index is 0.196. The van der Waals surface area contributed by atoms with Crippen LogP contribution in [0.2, 0.25) is 12.6 Å². The standard InChI is InChI=1S/C54H53Si/c1-10-13-21-41(19-11-2)45-22-14-16-24-48(45)54(49-25-17-15-23-46(49)43-28-27-37(4)39(6)35-43)50-26-18-20-38(5)52(50)47-34-31-42(36-51(47)54)40-29-32-44(33-30-40)53(7,8)55(9)12-3/h10,13-36H,1,4,6,11-12H2,2-3,5,7-9H3/b21-13-,41-19+. The summed E-state index contributed by atoms with van der Waals surface area (Å²) in [5.41, 5.74) is 17.0. The molecule has 0 N–H and O–H groups in total. The zero-order valence-corrected chi connectivity index (χ0v) is 34.5. The third-order valence-corrected chi connectivity index (χ3v) is 15.7. The van der Waals surface area contributed by atoms with Gasteiger partial charge in [-0.05, 0) is 119 Å². The normalized spacial score (nSPS) is 15.4. The van der Waals surface area contributed by atoms with Crippen LogP contribution in [0.5, 0.6) is 0 Å². The molecule has 6 aromatic rings. The van der Waals surface area contributed by atoms with E-state index in [1.165, 1.54) is 78.4 Å². The highest BCUT2D eigenvalue weighted by Gasteiger charge is 2.49. The van der Waals surface area contributed by atoms with E-state index >= 15 is 0 Å². The molecule has 1 aliphatic carbocycles. The summed E-state index contributed by atoms with van der Waals surface area (Å²) in [6.07, 6.45) is 9.40. The lowest BCUT2D eigenvalue weighted by atomic mass is 9.64. The van der Waals surface area contributed by atoms with E-state index in [4.69, 9.17) is 0 Å². The molecule has 1 heteroatoms. The Morgan fingerprint density at radius 1 is 0.673 bits per heavy atom. The molecule has 1 unspecified atom stereocenters. The van der Waals surface area contributed by atoms with E-state index in [9.17, 15) is 0 Å². The van der Waals surface area contributed by atoms with Crippen molar-refractivity contribution in [1.82, 2.24) is 0 Å².